The van der Waals surface area contributed by atoms with E-state index in [0.717, 1.165) is 74.0 Å². The molecule has 0 spiro atoms. The highest BCUT2D eigenvalue weighted by Crippen LogP contribution is 2.41. The lowest BCUT2D eigenvalue weighted by Gasteiger charge is -2.23. The van der Waals surface area contributed by atoms with Crippen LogP contribution in [-0.2, 0) is 13.0 Å². The van der Waals surface area contributed by atoms with E-state index in [4.69, 9.17) is 19.4 Å². The largest absolute Gasteiger partial charge is 0.497 e. The van der Waals surface area contributed by atoms with E-state index < -0.39 is 0 Å². The number of rotatable bonds is 7. The molecule has 0 aliphatic carbocycles. The summed E-state index contributed by atoms with van der Waals surface area (Å²) in [6.07, 6.45) is 10.6. The van der Waals surface area contributed by atoms with Crippen LogP contribution >= 0.6 is 0 Å². The molecule has 1 saturated heterocycles. The molecule has 8 nitrogen and oxygen atoms in total. The number of fused-ring (bicyclic) bond motifs is 4. The van der Waals surface area contributed by atoms with Gasteiger partial charge in [0.05, 0.1) is 36.9 Å². The fourth-order valence-electron chi connectivity index (χ4n) is 5.90. The topological polar surface area (TPSA) is 103 Å². The van der Waals surface area contributed by atoms with Crippen LogP contribution in [-0.4, -0.2) is 28.2 Å². The van der Waals surface area contributed by atoms with Crippen LogP contribution in [0.1, 0.15) is 28.4 Å². The SMILES string of the molecule is COc1cccc(-c2ccnc3c2CC=C(C2=CNC4NC4c4ccc(-c5cncc(OCc6ccccc6)c5)nc42)N3)c1. The summed E-state index contributed by atoms with van der Waals surface area (Å²) < 4.78 is 11.5. The minimum atomic E-state index is 0.185. The zero-order chi connectivity index (χ0) is 29.5. The number of hydrogen-bond donors (Lipinski definition) is 3. The molecule has 8 heteroatoms. The first-order valence-corrected chi connectivity index (χ1v) is 14.7. The van der Waals surface area contributed by atoms with Crippen molar-refractivity contribution >= 4 is 11.4 Å². The minimum absolute atomic E-state index is 0.185. The second-order valence-electron chi connectivity index (χ2n) is 11.0. The van der Waals surface area contributed by atoms with E-state index in [1.807, 2.05) is 60.9 Å². The zero-order valence-electron chi connectivity index (χ0n) is 24.1. The molecule has 5 aromatic rings. The molecular formula is C36H30N6O2. The van der Waals surface area contributed by atoms with E-state index in [1.165, 1.54) is 0 Å². The lowest BCUT2D eigenvalue weighted by atomic mass is 9.94. The van der Waals surface area contributed by atoms with Crippen LogP contribution < -0.4 is 25.4 Å². The summed E-state index contributed by atoms with van der Waals surface area (Å²) in [5.74, 6) is 2.38. The normalized spacial score (nSPS) is 17.8. The minimum Gasteiger partial charge on any atom is -0.497 e. The first-order valence-electron chi connectivity index (χ1n) is 14.7. The summed E-state index contributed by atoms with van der Waals surface area (Å²) in [6.45, 7) is 0.478. The van der Waals surface area contributed by atoms with E-state index in [2.05, 4.69) is 63.5 Å². The number of anilines is 1. The van der Waals surface area contributed by atoms with Crippen molar-refractivity contribution in [2.75, 3.05) is 12.4 Å². The molecule has 6 heterocycles. The molecule has 44 heavy (non-hydrogen) atoms. The van der Waals surface area contributed by atoms with Gasteiger partial charge < -0.3 is 20.1 Å². The number of nitrogens with one attached hydrogen (secondary N) is 3. The van der Waals surface area contributed by atoms with Crippen LogP contribution in [0.2, 0.25) is 0 Å². The number of aromatic nitrogens is 3. The maximum absolute atomic E-state index is 6.06. The highest BCUT2D eigenvalue weighted by atomic mass is 16.5. The Morgan fingerprint density at radius 1 is 0.909 bits per heavy atom. The fourth-order valence-corrected chi connectivity index (χ4v) is 5.90. The highest BCUT2D eigenvalue weighted by molar-refractivity contribution is 5.86. The smallest absolute Gasteiger partial charge is 0.138 e. The molecule has 3 aliphatic heterocycles. The molecular weight excluding hydrogens is 548 g/mol. The molecule has 0 amide bonds. The number of benzene rings is 2. The quantitative estimate of drug-likeness (QED) is 0.195. The Balaban J connectivity index is 1.11. The summed E-state index contributed by atoms with van der Waals surface area (Å²) in [4.78, 5) is 14.4. The van der Waals surface area contributed by atoms with Crippen molar-refractivity contribution < 1.29 is 9.47 Å². The molecule has 216 valence electrons. The van der Waals surface area contributed by atoms with Gasteiger partial charge in [-0.2, -0.15) is 0 Å². The number of ether oxygens (including phenoxy) is 2. The molecule has 2 aromatic carbocycles. The third-order valence-corrected chi connectivity index (χ3v) is 8.25. The average Bonchev–Trinajstić information content (AvgIpc) is 3.88. The van der Waals surface area contributed by atoms with Gasteiger partial charge >= 0.3 is 0 Å². The molecule has 1 fully saturated rings. The first-order chi connectivity index (χ1) is 21.7. The van der Waals surface area contributed by atoms with Crippen molar-refractivity contribution in [1.82, 2.24) is 25.6 Å². The summed E-state index contributed by atoms with van der Waals surface area (Å²) in [5.41, 5.74) is 10.3. The zero-order valence-corrected chi connectivity index (χ0v) is 24.1. The maximum Gasteiger partial charge on any atom is 0.138 e. The second-order valence-corrected chi connectivity index (χ2v) is 11.0. The number of allylic oxidation sites excluding steroid dienone is 2. The number of nitrogens with zero attached hydrogens (tertiary/aromatic N) is 3. The second kappa shape index (κ2) is 11.0. The monoisotopic (exact) mass is 578 g/mol. The molecule has 8 rings (SSSR count). The van der Waals surface area contributed by atoms with Crippen molar-refractivity contribution in [1.29, 1.82) is 0 Å². The van der Waals surface area contributed by atoms with E-state index in [-0.39, 0.29) is 12.2 Å². The third kappa shape index (κ3) is 4.95. The van der Waals surface area contributed by atoms with E-state index >= 15 is 0 Å². The Bertz CT molecular complexity index is 1940. The first kappa shape index (κ1) is 26.2. The fraction of sp³-hybridized carbons (Fsp3) is 0.139. The Hall–Kier alpha value is -5.47. The Kier molecular flexibility index (Phi) is 6.53. The van der Waals surface area contributed by atoms with Crippen molar-refractivity contribution in [3.63, 3.8) is 0 Å². The lowest BCUT2D eigenvalue weighted by molar-refractivity contribution is 0.305. The average molecular weight is 579 g/mol. The molecule has 0 saturated carbocycles. The van der Waals surface area contributed by atoms with Crippen LogP contribution in [0.15, 0.2) is 115 Å². The summed E-state index contributed by atoms with van der Waals surface area (Å²) in [6, 6.07) is 26.8. The summed E-state index contributed by atoms with van der Waals surface area (Å²) >= 11 is 0. The number of hydrogen-bond acceptors (Lipinski definition) is 8. The van der Waals surface area contributed by atoms with E-state index in [0.29, 0.717) is 12.4 Å². The van der Waals surface area contributed by atoms with E-state index in [1.54, 1.807) is 13.3 Å². The molecule has 2 atom stereocenters. The van der Waals surface area contributed by atoms with Gasteiger partial charge in [-0.05, 0) is 59.0 Å². The van der Waals surface area contributed by atoms with Crippen molar-refractivity contribution in [2.45, 2.75) is 25.2 Å². The van der Waals surface area contributed by atoms with Gasteiger partial charge in [0, 0.05) is 41.0 Å². The van der Waals surface area contributed by atoms with Gasteiger partial charge in [-0.25, -0.2) is 9.97 Å². The molecule has 0 bridgehead atoms. The van der Waals surface area contributed by atoms with Crippen molar-refractivity contribution in [2.24, 2.45) is 0 Å². The van der Waals surface area contributed by atoms with Crippen LogP contribution in [0.25, 0.3) is 28.0 Å². The predicted octanol–water partition coefficient (Wildman–Crippen LogP) is 6.26. The molecule has 3 N–H and O–H groups in total. The van der Waals surface area contributed by atoms with Gasteiger partial charge in [-0.3, -0.25) is 10.3 Å². The summed E-state index contributed by atoms with van der Waals surface area (Å²) in [5, 5.41) is 10.7. The molecule has 2 unspecified atom stereocenters. The lowest BCUT2D eigenvalue weighted by Crippen LogP contribution is -2.16. The van der Waals surface area contributed by atoms with Gasteiger partial charge in [0.25, 0.3) is 0 Å². The van der Waals surface area contributed by atoms with Gasteiger partial charge in [-0.1, -0.05) is 54.6 Å². The van der Waals surface area contributed by atoms with Crippen LogP contribution in [0.4, 0.5) is 5.82 Å². The Labute approximate surface area is 255 Å². The maximum atomic E-state index is 6.06. The van der Waals surface area contributed by atoms with Crippen molar-refractivity contribution in [3.8, 4) is 33.9 Å². The Morgan fingerprint density at radius 3 is 2.73 bits per heavy atom. The van der Waals surface area contributed by atoms with Gasteiger partial charge in [0.15, 0.2) is 0 Å². The van der Waals surface area contributed by atoms with Gasteiger partial charge in [0.1, 0.15) is 23.9 Å². The van der Waals surface area contributed by atoms with Crippen molar-refractivity contribution in [3.05, 3.63) is 138 Å². The van der Waals surface area contributed by atoms with E-state index in [9.17, 15) is 0 Å². The molecule has 0 radical (unpaired) electrons. The predicted molar refractivity (Wildman–Crippen MR) is 171 cm³/mol. The van der Waals surface area contributed by atoms with Crippen LogP contribution in [0, 0.1) is 0 Å². The van der Waals surface area contributed by atoms with Gasteiger partial charge in [-0.15, -0.1) is 0 Å². The van der Waals surface area contributed by atoms with Crippen LogP contribution in [0.3, 0.4) is 0 Å². The summed E-state index contributed by atoms with van der Waals surface area (Å²) in [7, 11) is 1.69. The Morgan fingerprint density at radius 2 is 1.82 bits per heavy atom. The number of pyridine rings is 3. The molecule has 3 aromatic heterocycles. The third-order valence-electron chi connectivity index (χ3n) is 8.25. The van der Waals surface area contributed by atoms with Gasteiger partial charge in [0.2, 0.25) is 0 Å². The standard InChI is InChI=1S/C36H30N6O2/c1-43-25-9-5-8-23(16-25)27-14-15-38-35-28(27)10-13-32(41-35)30-20-39-36-34(42-36)29-11-12-31(40-33(29)30)24-17-26(19-37-18-24)44-21-22-6-3-2-4-7-22/h2-9,11-20,34,36,39,42H,10,21H2,1H3,(H,38,41). The van der Waals surface area contributed by atoms with Crippen LogP contribution in [0.5, 0.6) is 11.5 Å². The number of methoxy groups -OCH3 is 1. The molecule has 3 aliphatic rings. The highest BCUT2D eigenvalue weighted by Gasteiger charge is 2.41.